The maximum Gasteiger partial charge on any atom is 0.244 e. The van der Waals surface area contributed by atoms with E-state index in [0.29, 0.717) is 17.8 Å². The largest absolute Gasteiger partial charge is 0.327 e. The van der Waals surface area contributed by atoms with Gasteiger partial charge >= 0.3 is 0 Å². The van der Waals surface area contributed by atoms with Crippen molar-refractivity contribution in [3.8, 4) is 0 Å². The minimum atomic E-state index is -3.53. The van der Waals surface area contributed by atoms with Crippen LogP contribution in [0, 0.1) is 19.3 Å². The van der Waals surface area contributed by atoms with E-state index in [1.807, 2.05) is 13.8 Å². The Bertz CT molecular complexity index is 542. The molecule has 1 aromatic heterocycles. The summed E-state index contributed by atoms with van der Waals surface area (Å²) in [4.78, 5) is 0.249. The molecule has 0 radical (unpaired) electrons. The summed E-state index contributed by atoms with van der Waals surface area (Å²) in [5.41, 5.74) is 6.73. The number of aryl methyl sites for hydroxylation is 2. The predicted octanol–water partition coefficient (Wildman–Crippen LogP) is 0.431. The van der Waals surface area contributed by atoms with Crippen molar-refractivity contribution in [1.29, 1.82) is 0 Å². The number of sulfonamides is 1. The van der Waals surface area contributed by atoms with Crippen LogP contribution in [0.4, 0.5) is 0 Å². The molecule has 0 aliphatic heterocycles. The third-order valence-corrected chi connectivity index (χ3v) is 5.70. The SMILES string of the molecule is Cc1n[nH]c(C)c1S(=O)(=O)NC1CC(N)C1(C)C. The van der Waals surface area contributed by atoms with Crippen LogP contribution in [0.25, 0.3) is 0 Å². The number of aromatic amines is 1. The second kappa shape index (κ2) is 4.04. The molecule has 1 aliphatic rings. The molecule has 2 unspecified atom stereocenters. The Kier molecular flexibility index (Phi) is 3.03. The highest BCUT2D eigenvalue weighted by molar-refractivity contribution is 7.89. The number of hydrogen-bond donors (Lipinski definition) is 3. The first kappa shape index (κ1) is 13.5. The fourth-order valence-corrected chi connectivity index (χ4v) is 4.12. The van der Waals surface area contributed by atoms with Crippen LogP contribution in [0.3, 0.4) is 0 Å². The van der Waals surface area contributed by atoms with Gasteiger partial charge in [-0.25, -0.2) is 13.1 Å². The summed E-state index contributed by atoms with van der Waals surface area (Å²) in [6.45, 7) is 7.33. The van der Waals surface area contributed by atoms with Gasteiger partial charge in [-0.05, 0) is 25.7 Å². The van der Waals surface area contributed by atoms with Crippen LogP contribution in [-0.2, 0) is 10.0 Å². The molecule has 0 aromatic carbocycles. The highest BCUT2D eigenvalue weighted by Gasteiger charge is 2.48. The van der Waals surface area contributed by atoms with Crippen LogP contribution in [-0.4, -0.2) is 30.7 Å². The maximum absolute atomic E-state index is 12.3. The third kappa shape index (κ3) is 1.96. The molecular weight excluding hydrogens is 252 g/mol. The molecule has 2 rings (SSSR count). The van der Waals surface area contributed by atoms with Crippen LogP contribution in [0.2, 0.25) is 0 Å². The van der Waals surface area contributed by atoms with Gasteiger partial charge in [-0.3, -0.25) is 5.10 Å². The first-order valence-electron chi connectivity index (χ1n) is 5.95. The minimum Gasteiger partial charge on any atom is -0.327 e. The van der Waals surface area contributed by atoms with Crippen molar-refractivity contribution < 1.29 is 8.42 Å². The molecule has 0 saturated heterocycles. The van der Waals surface area contributed by atoms with Gasteiger partial charge in [0.05, 0.1) is 11.4 Å². The number of nitrogens with two attached hydrogens (primary N) is 1. The van der Waals surface area contributed by atoms with Crippen molar-refractivity contribution in [3.05, 3.63) is 11.4 Å². The zero-order valence-electron chi connectivity index (χ0n) is 11.1. The minimum absolute atomic E-state index is 0.0387. The van der Waals surface area contributed by atoms with E-state index in [0.717, 1.165) is 0 Å². The average molecular weight is 272 g/mol. The molecule has 2 atom stereocenters. The molecule has 1 fully saturated rings. The monoisotopic (exact) mass is 272 g/mol. The predicted molar refractivity (Wildman–Crippen MR) is 68.5 cm³/mol. The maximum atomic E-state index is 12.3. The molecular formula is C11H20N4O2S. The van der Waals surface area contributed by atoms with Gasteiger partial charge in [0.1, 0.15) is 4.90 Å². The third-order valence-electron chi connectivity index (χ3n) is 3.97. The summed E-state index contributed by atoms with van der Waals surface area (Å²) < 4.78 is 27.4. The highest BCUT2D eigenvalue weighted by atomic mass is 32.2. The molecule has 1 heterocycles. The molecule has 1 aliphatic carbocycles. The zero-order valence-corrected chi connectivity index (χ0v) is 11.9. The first-order valence-corrected chi connectivity index (χ1v) is 7.44. The van der Waals surface area contributed by atoms with Crippen molar-refractivity contribution >= 4 is 10.0 Å². The molecule has 1 saturated carbocycles. The van der Waals surface area contributed by atoms with E-state index in [4.69, 9.17) is 5.73 Å². The van der Waals surface area contributed by atoms with Crippen LogP contribution in [0.5, 0.6) is 0 Å². The number of H-pyrrole nitrogens is 1. The quantitative estimate of drug-likeness (QED) is 0.742. The molecule has 7 heteroatoms. The zero-order chi connectivity index (χ0) is 13.7. The van der Waals surface area contributed by atoms with Crippen LogP contribution in [0.15, 0.2) is 4.90 Å². The van der Waals surface area contributed by atoms with E-state index in [9.17, 15) is 8.42 Å². The summed E-state index contributed by atoms with van der Waals surface area (Å²) in [7, 11) is -3.53. The molecule has 1 aromatic rings. The lowest BCUT2D eigenvalue weighted by atomic mass is 9.64. The van der Waals surface area contributed by atoms with Crippen molar-refractivity contribution in [1.82, 2.24) is 14.9 Å². The summed E-state index contributed by atoms with van der Waals surface area (Å²) >= 11 is 0. The number of rotatable bonds is 3. The van der Waals surface area contributed by atoms with Gasteiger partial charge in [-0.15, -0.1) is 0 Å². The van der Waals surface area contributed by atoms with E-state index >= 15 is 0 Å². The number of nitrogens with one attached hydrogen (secondary N) is 2. The summed E-state index contributed by atoms with van der Waals surface area (Å²) in [6.07, 6.45) is 0.669. The lowest BCUT2D eigenvalue weighted by molar-refractivity contribution is 0.0903. The van der Waals surface area contributed by atoms with Gasteiger partial charge in [0.2, 0.25) is 10.0 Å². The first-order chi connectivity index (χ1) is 8.16. The highest BCUT2D eigenvalue weighted by Crippen LogP contribution is 2.39. The molecule has 102 valence electrons. The summed E-state index contributed by atoms with van der Waals surface area (Å²) in [5, 5.41) is 6.60. The van der Waals surface area contributed by atoms with Gasteiger partial charge in [-0.1, -0.05) is 13.8 Å². The van der Waals surface area contributed by atoms with E-state index in [1.165, 1.54) is 0 Å². The van der Waals surface area contributed by atoms with Crippen molar-refractivity contribution in [2.24, 2.45) is 11.1 Å². The van der Waals surface area contributed by atoms with Gasteiger partial charge < -0.3 is 5.73 Å². The Morgan fingerprint density at radius 2 is 2.06 bits per heavy atom. The van der Waals surface area contributed by atoms with E-state index < -0.39 is 10.0 Å². The van der Waals surface area contributed by atoms with Gasteiger partial charge in [0, 0.05) is 12.1 Å². The molecule has 18 heavy (non-hydrogen) atoms. The van der Waals surface area contributed by atoms with E-state index in [1.54, 1.807) is 13.8 Å². The average Bonchev–Trinajstić information content (AvgIpc) is 2.58. The Hall–Kier alpha value is -0.920. The van der Waals surface area contributed by atoms with Crippen molar-refractivity contribution in [2.45, 2.75) is 51.1 Å². The topological polar surface area (TPSA) is 101 Å². The van der Waals surface area contributed by atoms with E-state index in [2.05, 4.69) is 14.9 Å². The smallest absolute Gasteiger partial charge is 0.244 e. The summed E-state index contributed by atoms with van der Waals surface area (Å²) in [6, 6.07) is -0.0806. The second-order valence-corrected chi connectivity index (χ2v) is 7.25. The molecule has 6 nitrogen and oxygen atoms in total. The molecule has 4 N–H and O–H groups in total. The summed E-state index contributed by atoms with van der Waals surface area (Å²) in [5.74, 6) is 0. The lowest BCUT2D eigenvalue weighted by Gasteiger charge is -2.50. The molecule has 0 amide bonds. The Labute approximate surface area is 107 Å². The molecule has 0 bridgehead atoms. The fraction of sp³-hybridized carbons (Fsp3) is 0.727. The fourth-order valence-electron chi connectivity index (χ4n) is 2.34. The Balaban J connectivity index is 2.25. The van der Waals surface area contributed by atoms with Gasteiger partial charge in [0.15, 0.2) is 0 Å². The number of hydrogen-bond acceptors (Lipinski definition) is 4. The van der Waals surface area contributed by atoms with Gasteiger partial charge in [0.25, 0.3) is 0 Å². The van der Waals surface area contributed by atoms with Crippen LogP contribution < -0.4 is 10.5 Å². The van der Waals surface area contributed by atoms with Crippen LogP contribution in [0.1, 0.15) is 31.7 Å². The molecule has 0 spiro atoms. The van der Waals surface area contributed by atoms with Crippen LogP contribution >= 0.6 is 0 Å². The van der Waals surface area contributed by atoms with Crippen molar-refractivity contribution in [3.63, 3.8) is 0 Å². The van der Waals surface area contributed by atoms with E-state index in [-0.39, 0.29) is 22.4 Å². The standard InChI is InChI=1S/C11H20N4O2S/c1-6-10(7(2)14-13-6)18(16,17)15-9-5-8(12)11(9,3)4/h8-9,15H,5,12H2,1-4H3,(H,13,14). The van der Waals surface area contributed by atoms with Gasteiger partial charge in [-0.2, -0.15) is 5.10 Å². The number of aromatic nitrogens is 2. The second-order valence-electron chi connectivity index (χ2n) is 5.60. The van der Waals surface area contributed by atoms with Crippen molar-refractivity contribution in [2.75, 3.05) is 0 Å². The number of nitrogens with zero attached hydrogens (tertiary/aromatic N) is 1. The normalized spacial score (nSPS) is 26.9. The lowest BCUT2D eigenvalue weighted by Crippen LogP contribution is -2.64. The Morgan fingerprint density at radius 3 is 2.44 bits per heavy atom. The Morgan fingerprint density at radius 1 is 1.44 bits per heavy atom.